The number of hydrogen-bond donors (Lipinski definition) is 8. The van der Waals surface area contributed by atoms with Crippen LogP contribution in [0.25, 0.3) is 0 Å². The zero-order chi connectivity index (χ0) is 50.6. The Morgan fingerprint density at radius 2 is 0.899 bits per heavy atom. The lowest BCUT2D eigenvalue weighted by Crippen LogP contribution is -2.14. The van der Waals surface area contributed by atoms with Crippen molar-refractivity contribution in [1.82, 2.24) is 30.5 Å². The second-order valence-corrected chi connectivity index (χ2v) is 21.9. The second kappa shape index (κ2) is 22.3. The third kappa shape index (κ3) is 15.3. The fourth-order valence-corrected chi connectivity index (χ4v) is 9.74. The summed E-state index contributed by atoms with van der Waals surface area (Å²) in [6.07, 6.45) is 2.90. The van der Waals surface area contributed by atoms with Gasteiger partial charge in [0.2, 0.25) is 17.0 Å². The van der Waals surface area contributed by atoms with Gasteiger partial charge < -0.3 is 32.0 Å². The molecular weight excluding hydrogens is 997 g/mol. The Bertz CT molecular complexity index is 3300. The highest BCUT2D eigenvalue weighted by Crippen LogP contribution is 2.23. The first kappa shape index (κ1) is 52.1. The molecule has 0 unspecified atom stereocenters. The summed E-state index contributed by atoms with van der Waals surface area (Å²) < 4.78 is 114. The van der Waals surface area contributed by atoms with Gasteiger partial charge in [-0.05, 0) is 131 Å². The van der Waals surface area contributed by atoms with Crippen LogP contribution in [0.5, 0.6) is 0 Å². The maximum Gasteiger partial charge on any atom is 0.264 e. The number of nitrogens with zero attached hydrogens (tertiary/aromatic N) is 6. The minimum absolute atomic E-state index is 0.0318. The van der Waals surface area contributed by atoms with Gasteiger partial charge in [-0.2, -0.15) is 0 Å². The van der Waals surface area contributed by atoms with Gasteiger partial charge in [-0.25, -0.2) is 53.1 Å². The average Bonchev–Trinajstić information content (AvgIpc) is 3.99. The van der Waals surface area contributed by atoms with E-state index in [1.54, 1.807) is 33.8 Å². The molecule has 24 nitrogen and oxygen atoms in total. The molecule has 0 aliphatic carbocycles. The highest BCUT2D eigenvalue weighted by molar-refractivity contribution is 7.93. The molecule has 0 saturated carbocycles. The van der Waals surface area contributed by atoms with Crippen LogP contribution in [0.15, 0.2) is 150 Å². The Kier molecular flexibility index (Phi) is 16.8. The Labute approximate surface area is 400 Å². The van der Waals surface area contributed by atoms with E-state index in [2.05, 4.69) is 49.4 Å². The second-order valence-electron chi connectivity index (χ2n) is 13.9. The fourth-order valence-electron chi connectivity index (χ4n) is 4.93. The first-order valence-electron chi connectivity index (χ1n) is 19.4. The van der Waals surface area contributed by atoms with Crippen molar-refractivity contribution in [1.29, 1.82) is 0 Å². The van der Waals surface area contributed by atoms with Crippen LogP contribution in [0.1, 0.15) is 22.0 Å². The van der Waals surface area contributed by atoms with E-state index in [1.165, 1.54) is 127 Å². The van der Waals surface area contributed by atoms with Crippen molar-refractivity contribution >= 4 is 97.0 Å². The molecule has 4 aromatic heterocycles. The summed E-state index contributed by atoms with van der Waals surface area (Å²) in [7, 11) is -14.6. The summed E-state index contributed by atoms with van der Waals surface area (Å²) >= 11 is 1.18. The molecule has 4 aromatic carbocycles. The minimum Gasteiger partial charge on any atom is -0.399 e. The monoisotopic (exact) mass is 1040 g/mol. The molecule has 8 rings (SSSR count). The molecule has 0 amide bonds. The van der Waals surface area contributed by atoms with Crippen LogP contribution in [0.4, 0.5) is 45.5 Å². The van der Waals surface area contributed by atoms with Crippen molar-refractivity contribution < 1.29 is 42.7 Å². The zero-order valence-electron chi connectivity index (χ0n) is 36.7. The number of anilines is 8. The van der Waals surface area contributed by atoms with Gasteiger partial charge in [0.15, 0.2) is 5.82 Å². The number of nitrogens with one attached hydrogen (secondary N) is 4. The maximum atomic E-state index is 12.0. The van der Waals surface area contributed by atoms with Crippen LogP contribution < -0.4 is 41.8 Å². The number of benzene rings is 4. The Hall–Kier alpha value is -7.86. The molecule has 69 heavy (non-hydrogen) atoms. The van der Waals surface area contributed by atoms with Crippen LogP contribution in [0.2, 0.25) is 0 Å². The lowest BCUT2D eigenvalue weighted by Gasteiger charge is -2.05. The van der Waals surface area contributed by atoms with Crippen LogP contribution >= 0.6 is 11.3 Å². The molecule has 0 radical (unpaired) electrons. The number of rotatable bonds is 12. The van der Waals surface area contributed by atoms with E-state index in [1.807, 2.05) is 0 Å². The van der Waals surface area contributed by atoms with Crippen LogP contribution in [0.3, 0.4) is 0 Å². The molecule has 0 saturated heterocycles. The van der Waals surface area contributed by atoms with Crippen molar-refractivity contribution in [2.24, 2.45) is 0 Å². The van der Waals surface area contributed by atoms with Crippen molar-refractivity contribution in [2.45, 2.75) is 47.3 Å². The van der Waals surface area contributed by atoms with E-state index in [0.717, 1.165) is 0 Å². The summed E-state index contributed by atoms with van der Waals surface area (Å²) in [6, 6.07) is 26.7. The van der Waals surface area contributed by atoms with Gasteiger partial charge in [-0.15, -0.1) is 10.2 Å². The first-order valence-corrected chi connectivity index (χ1v) is 26.1. The summed E-state index contributed by atoms with van der Waals surface area (Å²) in [4.78, 5) is 8.04. The number of aromatic nitrogens is 6. The Morgan fingerprint density at radius 3 is 1.26 bits per heavy atom. The van der Waals surface area contributed by atoms with Gasteiger partial charge in [0, 0.05) is 46.8 Å². The number of hydrogen-bond acceptors (Lipinski definition) is 21. The molecule has 0 bridgehead atoms. The number of sulfonamides is 4. The van der Waals surface area contributed by atoms with Gasteiger partial charge in [0.25, 0.3) is 40.1 Å². The SMILES string of the molecule is Cc1cc(NS(=O)(=O)c2ccc(N)cc2)no1.Cc1nnc(NS(=O)(=O)c2ccc(N)cc2)s1.Cc1noc(NS(=O)(=O)c2ccc(N)cc2)c1C.Nc1ccc(S(=O)(=O)Nc2ncccn2)cc1. The van der Waals surface area contributed by atoms with Crippen molar-refractivity contribution in [3.63, 3.8) is 0 Å². The Balaban J connectivity index is 0.000000172. The van der Waals surface area contributed by atoms with E-state index in [-0.39, 0.29) is 42.4 Å². The van der Waals surface area contributed by atoms with Crippen LogP contribution in [0, 0.1) is 27.7 Å². The minimum atomic E-state index is -3.68. The summed E-state index contributed by atoms with van der Waals surface area (Å²) in [5.41, 5.74) is 25.3. The van der Waals surface area contributed by atoms with E-state index in [0.29, 0.717) is 44.8 Å². The van der Waals surface area contributed by atoms with Crippen molar-refractivity contribution in [3.05, 3.63) is 144 Å². The molecule has 0 atom stereocenters. The first-order chi connectivity index (χ1) is 32.4. The topological polar surface area (TPSA) is 392 Å². The molecule has 364 valence electrons. The van der Waals surface area contributed by atoms with Crippen LogP contribution in [-0.2, 0) is 40.1 Å². The molecule has 0 aliphatic rings. The molecule has 8 aromatic rings. The summed E-state index contributed by atoms with van der Waals surface area (Å²) in [5, 5.41) is 15.6. The van der Waals surface area contributed by atoms with Gasteiger partial charge in [-0.1, -0.05) is 21.7 Å². The number of nitrogens with two attached hydrogens (primary N) is 4. The smallest absolute Gasteiger partial charge is 0.264 e. The highest BCUT2D eigenvalue weighted by atomic mass is 32.2. The largest absolute Gasteiger partial charge is 0.399 e. The third-order valence-electron chi connectivity index (χ3n) is 8.55. The molecule has 0 aliphatic heterocycles. The number of nitrogen functional groups attached to an aromatic ring is 4. The van der Waals surface area contributed by atoms with E-state index in [9.17, 15) is 33.7 Å². The van der Waals surface area contributed by atoms with Crippen molar-refractivity contribution in [2.75, 3.05) is 41.8 Å². The fraction of sp³-hybridized carbons (Fsp3) is 0.100. The summed E-state index contributed by atoms with van der Waals surface area (Å²) in [5.74, 6) is 0.841. The maximum absolute atomic E-state index is 12.0. The van der Waals surface area contributed by atoms with Crippen LogP contribution in [-0.4, -0.2) is 64.1 Å². The molecule has 4 heterocycles. The van der Waals surface area contributed by atoms with Gasteiger partial charge in [-0.3, -0.25) is 9.44 Å². The lowest BCUT2D eigenvalue weighted by atomic mass is 10.3. The van der Waals surface area contributed by atoms with E-state index in [4.69, 9.17) is 32.0 Å². The molecule has 0 spiro atoms. The molecule has 29 heteroatoms. The normalized spacial score (nSPS) is 11.3. The average molecular weight is 1040 g/mol. The number of aryl methyl sites for hydroxylation is 3. The standard InChI is InChI=1S/C11H13N3O3S.C10H10N4O2S.C10H11N3O3S.C9H10N4O2S2/c1-7-8(2)13-17-11(7)14-18(15,16)10-5-3-9(12)4-6-10;11-8-2-4-9(5-3-8)17(15,16)14-10-12-6-1-7-13-10;1-7-6-10(12-16-7)13-17(14,15)9-4-2-8(11)3-5-9;1-6-11-12-9(16-6)13-17(14,15)8-4-2-7(10)3-5-8/h3-6,14H,12H2,1-2H3;1-7H,11H2,(H,12,13,14);2-6H,11H2,1H3,(H,12,13);2-5H,10H2,1H3,(H,12,13). The molecule has 0 fully saturated rings. The predicted molar refractivity (Wildman–Crippen MR) is 261 cm³/mol. The van der Waals surface area contributed by atoms with Gasteiger partial charge in [0.1, 0.15) is 10.8 Å². The van der Waals surface area contributed by atoms with E-state index < -0.39 is 40.1 Å². The summed E-state index contributed by atoms with van der Waals surface area (Å²) in [6.45, 7) is 6.89. The molecule has 12 N–H and O–H groups in total. The van der Waals surface area contributed by atoms with Gasteiger partial charge >= 0.3 is 0 Å². The molecular formula is C40H44N14O10S5. The lowest BCUT2D eigenvalue weighted by molar-refractivity contribution is 0.400. The van der Waals surface area contributed by atoms with Gasteiger partial charge in [0.05, 0.1) is 25.3 Å². The highest BCUT2D eigenvalue weighted by Gasteiger charge is 2.20. The quantitative estimate of drug-likeness (QED) is 0.0735. The van der Waals surface area contributed by atoms with Crippen molar-refractivity contribution in [3.8, 4) is 0 Å². The van der Waals surface area contributed by atoms with E-state index >= 15 is 0 Å². The predicted octanol–water partition coefficient (Wildman–Crippen LogP) is 5.13. The zero-order valence-corrected chi connectivity index (χ0v) is 40.7. The third-order valence-corrected chi connectivity index (χ3v) is 14.9. The Morgan fingerprint density at radius 1 is 0.493 bits per heavy atom.